The molecule has 0 aromatic heterocycles. The van der Waals surface area contributed by atoms with Crippen molar-refractivity contribution in [2.75, 3.05) is 10.6 Å². The monoisotopic (exact) mass is 488 g/mol. The second-order valence-corrected chi connectivity index (χ2v) is 9.29. The van der Waals surface area contributed by atoms with Gasteiger partial charge in [0.2, 0.25) is 0 Å². The van der Waals surface area contributed by atoms with Crippen LogP contribution in [0.3, 0.4) is 0 Å². The molecule has 2 heteroatoms. The van der Waals surface area contributed by atoms with E-state index in [1.165, 1.54) is 33.4 Å². The van der Waals surface area contributed by atoms with Crippen LogP contribution in [-0.4, -0.2) is 0 Å². The van der Waals surface area contributed by atoms with Crippen LogP contribution >= 0.6 is 0 Å². The van der Waals surface area contributed by atoms with Gasteiger partial charge < -0.3 is 10.6 Å². The molecule has 0 heterocycles. The molecule has 0 saturated heterocycles. The van der Waals surface area contributed by atoms with E-state index in [4.69, 9.17) is 0 Å². The van der Waals surface area contributed by atoms with E-state index in [2.05, 4.69) is 144 Å². The third-order valence-corrected chi connectivity index (χ3v) is 6.66. The molecule has 0 bridgehead atoms. The molecule has 0 aliphatic heterocycles. The van der Waals surface area contributed by atoms with E-state index >= 15 is 0 Å². The van der Waals surface area contributed by atoms with Gasteiger partial charge in [0.15, 0.2) is 0 Å². The Labute approximate surface area is 224 Å². The fourth-order valence-electron chi connectivity index (χ4n) is 4.58. The summed E-state index contributed by atoms with van der Waals surface area (Å²) in [6, 6.07) is 55.2. The maximum atomic E-state index is 3.51. The standard InChI is InChI=1S/C36H28N2/c1-3-7-27(8-4-1)30-15-21-35(22-16-30)38-36-25-19-32(20-26-36)29-13-11-28(12-14-29)31-17-23-34(24-18-31)37-33-9-5-2-6-10-33/h1-26,37-38H. The first kappa shape index (κ1) is 23.3. The van der Waals surface area contributed by atoms with Gasteiger partial charge in [0.1, 0.15) is 0 Å². The third-order valence-electron chi connectivity index (χ3n) is 6.66. The van der Waals surface area contributed by atoms with Crippen molar-refractivity contribution in [1.29, 1.82) is 0 Å². The zero-order valence-electron chi connectivity index (χ0n) is 21.0. The normalized spacial score (nSPS) is 10.6. The zero-order valence-corrected chi connectivity index (χ0v) is 21.0. The Morgan fingerprint density at radius 1 is 0.211 bits per heavy atom. The molecule has 2 nitrogen and oxygen atoms in total. The highest BCUT2D eigenvalue weighted by Gasteiger charge is 2.03. The van der Waals surface area contributed by atoms with Crippen LogP contribution in [0.25, 0.3) is 33.4 Å². The minimum Gasteiger partial charge on any atom is -0.356 e. The lowest BCUT2D eigenvalue weighted by atomic mass is 10.00. The van der Waals surface area contributed by atoms with Crippen LogP contribution in [0.5, 0.6) is 0 Å². The van der Waals surface area contributed by atoms with Crippen molar-refractivity contribution in [1.82, 2.24) is 0 Å². The summed E-state index contributed by atoms with van der Waals surface area (Å²) in [7, 11) is 0. The van der Waals surface area contributed by atoms with Crippen LogP contribution in [0.4, 0.5) is 22.7 Å². The molecule has 0 atom stereocenters. The second-order valence-electron chi connectivity index (χ2n) is 9.29. The van der Waals surface area contributed by atoms with Gasteiger partial charge in [-0.2, -0.15) is 0 Å². The van der Waals surface area contributed by atoms with E-state index in [1.54, 1.807) is 0 Å². The molecule has 0 aliphatic rings. The molecular weight excluding hydrogens is 460 g/mol. The molecule has 0 aliphatic carbocycles. The lowest BCUT2D eigenvalue weighted by molar-refractivity contribution is 1.53. The van der Waals surface area contributed by atoms with Gasteiger partial charge in [0.25, 0.3) is 0 Å². The fraction of sp³-hybridized carbons (Fsp3) is 0. The quantitative estimate of drug-likeness (QED) is 0.233. The highest BCUT2D eigenvalue weighted by molar-refractivity contribution is 5.74. The summed E-state index contributed by atoms with van der Waals surface area (Å²) in [5.74, 6) is 0. The van der Waals surface area contributed by atoms with Crippen LogP contribution in [0, 0.1) is 0 Å². The van der Waals surface area contributed by atoms with Crippen LogP contribution < -0.4 is 10.6 Å². The maximum absolute atomic E-state index is 3.51. The van der Waals surface area contributed by atoms with Crippen LogP contribution in [0.1, 0.15) is 0 Å². The SMILES string of the molecule is c1ccc(Nc2ccc(-c3ccc(-c4ccc(Nc5ccc(-c6ccccc6)cc5)cc4)cc3)cc2)cc1. The van der Waals surface area contributed by atoms with Gasteiger partial charge in [-0.1, -0.05) is 109 Å². The Bertz CT molecular complexity index is 1590. The highest BCUT2D eigenvalue weighted by atomic mass is 14.9. The van der Waals surface area contributed by atoms with Crippen molar-refractivity contribution >= 4 is 22.7 Å². The van der Waals surface area contributed by atoms with Crippen LogP contribution in [-0.2, 0) is 0 Å². The Kier molecular flexibility index (Phi) is 6.69. The predicted octanol–water partition coefficient (Wildman–Crippen LogP) is 10.2. The number of para-hydroxylation sites is 1. The first-order chi connectivity index (χ1) is 18.8. The lowest BCUT2D eigenvalue weighted by Crippen LogP contribution is -1.90. The summed E-state index contributed by atoms with van der Waals surface area (Å²) < 4.78 is 0. The average molecular weight is 489 g/mol. The zero-order chi connectivity index (χ0) is 25.6. The smallest absolute Gasteiger partial charge is 0.0384 e. The number of hydrogen-bond acceptors (Lipinski definition) is 2. The van der Waals surface area contributed by atoms with Crippen molar-refractivity contribution < 1.29 is 0 Å². The Morgan fingerprint density at radius 2 is 0.447 bits per heavy atom. The van der Waals surface area contributed by atoms with Gasteiger partial charge in [-0.05, 0) is 81.9 Å². The minimum absolute atomic E-state index is 1.07. The summed E-state index contributed by atoms with van der Waals surface area (Å²) in [5, 5.41) is 6.94. The molecule has 182 valence electrons. The molecule has 0 spiro atoms. The van der Waals surface area contributed by atoms with Crippen LogP contribution in [0.2, 0.25) is 0 Å². The lowest BCUT2D eigenvalue weighted by Gasteiger charge is -2.10. The summed E-state index contributed by atoms with van der Waals surface area (Å²) >= 11 is 0. The molecular formula is C36H28N2. The molecule has 0 unspecified atom stereocenters. The molecule has 6 aromatic rings. The van der Waals surface area contributed by atoms with Gasteiger partial charge in [0.05, 0.1) is 0 Å². The summed E-state index contributed by atoms with van der Waals surface area (Å²) in [6.07, 6.45) is 0. The van der Waals surface area contributed by atoms with Gasteiger partial charge in [-0.3, -0.25) is 0 Å². The number of rotatable bonds is 7. The molecule has 38 heavy (non-hydrogen) atoms. The number of hydrogen-bond donors (Lipinski definition) is 2. The van der Waals surface area contributed by atoms with E-state index in [9.17, 15) is 0 Å². The molecule has 0 amide bonds. The van der Waals surface area contributed by atoms with Gasteiger partial charge in [0, 0.05) is 22.7 Å². The molecule has 6 aromatic carbocycles. The maximum Gasteiger partial charge on any atom is 0.0384 e. The Balaban J connectivity index is 1.10. The summed E-state index contributed by atoms with van der Waals surface area (Å²) in [5.41, 5.74) is 11.6. The van der Waals surface area contributed by atoms with Gasteiger partial charge in [-0.15, -0.1) is 0 Å². The molecule has 0 radical (unpaired) electrons. The van der Waals surface area contributed by atoms with Crippen molar-refractivity contribution in [2.24, 2.45) is 0 Å². The topological polar surface area (TPSA) is 24.1 Å². The van der Waals surface area contributed by atoms with Crippen LogP contribution in [0.15, 0.2) is 158 Å². The van der Waals surface area contributed by atoms with E-state index in [0.717, 1.165) is 22.7 Å². The van der Waals surface area contributed by atoms with Gasteiger partial charge in [-0.25, -0.2) is 0 Å². The fourth-order valence-corrected chi connectivity index (χ4v) is 4.58. The molecule has 2 N–H and O–H groups in total. The van der Waals surface area contributed by atoms with E-state index in [0.29, 0.717) is 0 Å². The third kappa shape index (κ3) is 5.50. The number of nitrogens with one attached hydrogen (secondary N) is 2. The molecule has 6 rings (SSSR count). The van der Waals surface area contributed by atoms with Crippen molar-refractivity contribution in [3.63, 3.8) is 0 Å². The number of anilines is 4. The Morgan fingerprint density at radius 3 is 0.789 bits per heavy atom. The first-order valence-corrected chi connectivity index (χ1v) is 12.9. The first-order valence-electron chi connectivity index (χ1n) is 12.9. The van der Waals surface area contributed by atoms with Crippen molar-refractivity contribution in [2.45, 2.75) is 0 Å². The minimum atomic E-state index is 1.07. The predicted molar refractivity (Wildman–Crippen MR) is 162 cm³/mol. The second kappa shape index (κ2) is 10.9. The van der Waals surface area contributed by atoms with Gasteiger partial charge >= 0.3 is 0 Å². The molecule has 0 saturated carbocycles. The van der Waals surface area contributed by atoms with E-state index < -0.39 is 0 Å². The summed E-state index contributed by atoms with van der Waals surface area (Å²) in [4.78, 5) is 0. The highest BCUT2D eigenvalue weighted by Crippen LogP contribution is 2.29. The average Bonchev–Trinajstić information content (AvgIpc) is 3.00. The summed E-state index contributed by atoms with van der Waals surface area (Å²) in [6.45, 7) is 0. The number of benzene rings is 6. The van der Waals surface area contributed by atoms with E-state index in [-0.39, 0.29) is 0 Å². The Hall–Kier alpha value is -5.08. The van der Waals surface area contributed by atoms with E-state index in [1.807, 2.05) is 24.3 Å². The molecule has 0 fully saturated rings. The van der Waals surface area contributed by atoms with Crippen molar-refractivity contribution in [3.8, 4) is 33.4 Å². The largest absolute Gasteiger partial charge is 0.356 e. The van der Waals surface area contributed by atoms with Crippen molar-refractivity contribution in [3.05, 3.63) is 158 Å².